The van der Waals surface area contributed by atoms with Gasteiger partial charge in [-0.2, -0.15) is 5.10 Å². The van der Waals surface area contributed by atoms with Crippen molar-refractivity contribution in [3.63, 3.8) is 0 Å². The summed E-state index contributed by atoms with van der Waals surface area (Å²) in [5.41, 5.74) is 6.65. The van der Waals surface area contributed by atoms with E-state index in [9.17, 15) is 9.59 Å². The molecule has 0 unspecified atom stereocenters. The van der Waals surface area contributed by atoms with Crippen LogP contribution in [0.1, 0.15) is 5.69 Å². The van der Waals surface area contributed by atoms with Gasteiger partial charge in [0.05, 0.1) is 24.0 Å². The van der Waals surface area contributed by atoms with E-state index in [1.807, 2.05) is 0 Å². The number of rotatable bonds is 5. The molecule has 0 aliphatic carbocycles. The van der Waals surface area contributed by atoms with Crippen molar-refractivity contribution in [2.45, 2.75) is 13.0 Å². The second-order valence-corrected chi connectivity index (χ2v) is 4.89. The highest BCUT2D eigenvalue weighted by atomic mass is 32.1. The molecule has 0 aliphatic heterocycles. The number of anilines is 2. The van der Waals surface area contributed by atoms with Crippen LogP contribution in [0.4, 0.5) is 10.8 Å². The third kappa shape index (κ3) is 3.79. The molecule has 9 heteroatoms. The Morgan fingerprint density at radius 1 is 1.45 bits per heavy atom. The van der Waals surface area contributed by atoms with E-state index in [0.717, 1.165) is 0 Å². The van der Waals surface area contributed by atoms with Crippen LogP contribution in [0.5, 0.6) is 0 Å². The Morgan fingerprint density at radius 3 is 2.90 bits per heavy atom. The molecule has 0 saturated carbocycles. The molecule has 0 atom stereocenters. The van der Waals surface area contributed by atoms with E-state index >= 15 is 0 Å². The van der Waals surface area contributed by atoms with Crippen molar-refractivity contribution in [1.29, 1.82) is 0 Å². The number of hydrogen-bond acceptors (Lipinski definition) is 6. The third-order valence-corrected chi connectivity index (χ3v) is 3.14. The number of carbonyl (C=O) groups excluding carboxylic acids is 2. The standard InChI is InChI=1S/C11H14N6O2S/c1-13-10(19)5-17-4-8(3-14-17)15-9(18)2-7-6-20-11(12)16-7/h3-4,6H,2,5H2,1H3,(H2,12,16)(H,13,19)(H,15,18). The SMILES string of the molecule is CNC(=O)Cn1cc(NC(=O)Cc2csc(N)n2)cn1. The van der Waals surface area contributed by atoms with Crippen LogP contribution in [0, 0.1) is 0 Å². The molecular weight excluding hydrogens is 280 g/mol. The van der Waals surface area contributed by atoms with Crippen molar-refractivity contribution < 1.29 is 9.59 Å². The second kappa shape index (κ2) is 6.15. The summed E-state index contributed by atoms with van der Waals surface area (Å²) >= 11 is 1.29. The van der Waals surface area contributed by atoms with Crippen molar-refractivity contribution in [2.24, 2.45) is 0 Å². The van der Waals surface area contributed by atoms with Crippen LogP contribution in [0.3, 0.4) is 0 Å². The molecule has 106 valence electrons. The molecule has 2 aromatic rings. The fourth-order valence-electron chi connectivity index (χ4n) is 1.51. The summed E-state index contributed by atoms with van der Waals surface area (Å²) in [6.45, 7) is 0.106. The Bertz CT molecular complexity index is 620. The molecule has 2 amide bonds. The molecule has 20 heavy (non-hydrogen) atoms. The lowest BCUT2D eigenvalue weighted by Gasteiger charge is -2.00. The maximum Gasteiger partial charge on any atom is 0.241 e. The Morgan fingerprint density at radius 2 is 2.25 bits per heavy atom. The van der Waals surface area contributed by atoms with Crippen molar-refractivity contribution >= 4 is 34.0 Å². The molecule has 0 saturated heterocycles. The highest BCUT2D eigenvalue weighted by Gasteiger charge is 2.09. The van der Waals surface area contributed by atoms with Crippen LogP contribution >= 0.6 is 11.3 Å². The first-order valence-corrected chi connectivity index (χ1v) is 6.67. The number of nitrogen functional groups attached to an aromatic ring is 1. The largest absolute Gasteiger partial charge is 0.375 e. The van der Waals surface area contributed by atoms with Crippen LogP contribution in [0.15, 0.2) is 17.8 Å². The zero-order valence-corrected chi connectivity index (χ0v) is 11.6. The summed E-state index contributed by atoms with van der Waals surface area (Å²) in [7, 11) is 1.55. The lowest BCUT2D eigenvalue weighted by Crippen LogP contribution is -2.23. The minimum absolute atomic E-state index is 0.106. The van der Waals surface area contributed by atoms with Gasteiger partial charge in [-0.05, 0) is 0 Å². The minimum Gasteiger partial charge on any atom is -0.375 e. The molecule has 2 rings (SSSR count). The maximum absolute atomic E-state index is 11.8. The van der Waals surface area contributed by atoms with Gasteiger partial charge in [0, 0.05) is 18.6 Å². The fraction of sp³-hybridized carbons (Fsp3) is 0.273. The molecule has 8 nitrogen and oxygen atoms in total. The van der Waals surface area contributed by atoms with Gasteiger partial charge in [0.15, 0.2) is 5.13 Å². The first-order chi connectivity index (χ1) is 9.56. The molecule has 0 spiro atoms. The van der Waals surface area contributed by atoms with Gasteiger partial charge in [-0.15, -0.1) is 11.3 Å². The van der Waals surface area contributed by atoms with E-state index in [2.05, 4.69) is 20.7 Å². The third-order valence-electron chi connectivity index (χ3n) is 2.41. The number of hydrogen-bond donors (Lipinski definition) is 3. The number of nitrogens with two attached hydrogens (primary N) is 1. The van der Waals surface area contributed by atoms with Crippen molar-refractivity contribution in [1.82, 2.24) is 20.1 Å². The summed E-state index contributed by atoms with van der Waals surface area (Å²) in [4.78, 5) is 27.0. The molecule has 0 aromatic carbocycles. The Kier molecular flexibility index (Phi) is 4.31. The molecule has 2 heterocycles. The topological polar surface area (TPSA) is 115 Å². The van der Waals surface area contributed by atoms with E-state index in [4.69, 9.17) is 5.73 Å². The van der Waals surface area contributed by atoms with Crippen LogP contribution in [0.25, 0.3) is 0 Å². The smallest absolute Gasteiger partial charge is 0.241 e. The number of aromatic nitrogens is 3. The van der Waals surface area contributed by atoms with Crippen LogP contribution in [-0.2, 0) is 22.6 Å². The highest BCUT2D eigenvalue weighted by molar-refractivity contribution is 7.13. The van der Waals surface area contributed by atoms with Gasteiger partial charge < -0.3 is 16.4 Å². The van der Waals surface area contributed by atoms with Gasteiger partial charge in [-0.1, -0.05) is 0 Å². The van der Waals surface area contributed by atoms with Crippen LogP contribution in [0.2, 0.25) is 0 Å². The highest BCUT2D eigenvalue weighted by Crippen LogP contribution is 2.12. The number of carbonyl (C=O) groups is 2. The van der Waals surface area contributed by atoms with Crippen LogP contribution < -0.4 is 16.4 Å². The molecule has 4 N–H and O–H groups in total. The Balaban J connectivity index is 1.89. The lowest BCUT2D eigenvalue weighted by molar-refractivity contribution is -0.121. The van der Waals surface area contributed by atoms with Gasteiger partial charge in [0.25, 0.3) is 0 Å². The molecular formula is C11H14N6O2S. The van der Waals surface area contributed by atoms with Gasteiger partial charge in [-0.3, -0.25) is 14.3 Å². The predicted molar refractivity (Wildman–Crippen MR) is 75.2 cm³/mol. The van der Waals surface area contributed by atoms with E-state index < -0.39 is 0 Å². The zero-order chi connectivity index (χ0) is 14.5. The zero-order valence-electron chi connectivity index (χ0n) is 10.8. The summed E-state index contributed by atoms with van der Waals surface area (Å²) in [5, 5.41) is 11.3. The first-order valence-electron chi connectivity index (χ1n) is 5.79. The molecule has 2 aromatic heterocycles. The van der Waals surface area contributed by atoms with E-state index in [1.54, 1.807) is 18.6 Å². The van der Waals surface area contributed by atoms with Gasteiger partial charge in [-0.25, -0.2) is 4.98 Å². The predicted octanol–water partition coefficient (Wildman–Crippen LogP) is -0.151. The maximum atomic E-state index is 11.8. The quantitative estimate of drug-likeness (QED) is 0.709. The van der Waals surface area contributed by atoms with E-state index in [-0.39, 0.29) is 24.8 Å². The molecule has 0 radical (unpaired) electrons. The monoisotopic (exact) mass is 294 g/mol. The summed E-state index contributed by atoms with van der Waals surface area (Å²) in [6.07, 6.45) is 3.22. The average molecular weight is 294 g/mol. The van der Waals surface area contributed by atoms with Crippen molar-refractivity contribution in [3.05, 3.63) is 23.5 Å². The second-order valence-electron chi connectivity index (χ2n) is 4.00. The normalized spacial score (nSPS) is 10.2. The molecule has 0 bridgehead atoms. The van der Waals surface area contributed by atoms with Gasteiger partial charge in [0.2, 0.25) is 11.8 Å². The first kappa shape index (κ1) is 14.0. The van der Waals surface area contributed by atoms with Gasteiger partial charge in [0.1, 0.15) is 6.54 Å². The number of likely N-dealkylation sites (N-methyl/N-ethyl adjacent to an activating group) is 1. The van der Waals surface area contributed by atoms with Crippen molar-refractivity contribution in [3.8, 4) is 0 Å². The van der Waals surface area contributed by atoms with Crippen LogP contribution in [-0.4, -0.2) is 33.6 Å². The summed E-state index contributed by atoms with van der Waals surface area (Å²) in [5.74, 6) is -0.376. The van der Waals surface area contributed by atoms with Gasteiger partial charge >= 0.3 is 0 Å². The molecule has 0 aliphatic rings. The number of nitrogens with zero attached hydrogens (tertiary/aromatic N) is 3. The average Bonchev–Trinajstić information content (AvgIpc) is 2.99. The number of thiazole rings is 1. The minimum atomic E-state index is -0.213. The fourth-order valence-corrected chi connectivity index (χ4v) is 2.08. The Hall–Kier alpha value is -2.42. The lowest BCUT2D eigenvalue weighted by atomic mass is 10.3. The summed E-state index contributed by atoms with van der Waals surface area (Å²) < 4.78 is 1.44. The number of amides is 2. The molecule has 0 fully saturated rings. The van der Waals surface area contributed by atoms with E-state index in [1.165, 1.54) is 22.2 Å². The van der Waals surface area contributed by atoms with E-state index in [0.29, 0.717) is 16.5 Å². The van der Waals surface area contributed by atoms with Crippen molar-refractivity contribution in [2.75, 3.05) is 18.1 Å². The Labute approximate surface area is 119 Å². The summed E-state index contributed by atoms with van der Waals surface area (Å²) in [6, 6.07) is 0. The number of nitrogens with one attached hydrogen (secondary N) is 2.